The number of ketones is 1. The zero-order chi connectivity index (χ0) is 9.68. The lowest BCUT2D eigenvalue weighted by atomic mass is 10.3. The van der Waals surface area contributed by atoms with Gasteiger partial charge in [0.2, 0.25) is 5.78 Å². The second-order valence-corrected chi connectivity index (χ2v) is 2.87. The van der Waals surface area contributed by atoms with Gasteiger partial charge >= 0.3 is 0 Å². The van der Waals surface area contributed by atoms with Crippen molar-refractivity contribution in [3.8, 4) is 0 Å². The fourth-order valence-electron chi connectivity index (χ4n) is 1.01. The van der Waals surface area contributed by atoms with E-state index in [9.17, 15) is 4.79 Å². The van der Waals surface area contributed by atoms with Crippen molar-refractivity contribution in [2.45, 2.75) is 13.3 Å². The Hall–Kier alpha value is -1.16. The van der Waals surface area contributed by atoms with Crippen LogP contribution in [-0.4, -0.2) is 28.5 Å². The lowest BCUT2D eigenvalue weighted by Gasteiger charge is -2.01. The van der Waals surface area contributed by atoms with Crippen molar-refractivity contribution >= 4 is 5.78 Å². The molecule has 0 aliphatic heterocycles. The van der Waals surface area contributed by atoms with E-state index < -0.39 is 0 Å². The van der Waals surface area contributed by atoms with Crippen LogP contribution in [0.15, 0.2) is 12.5 Å². The number of rotatable bonds is 5. The molecule has 13 heavy (non-hydrogen) atoms. The molecule has 0 spiro atoms. The summed E-state index contributed by atoms with van der Waals surface area (Å²) in [6, 6.07) is 0. The van der Waals surface area contributed by atoms with Crippen LogP contribution in [0.1, 0.15) is 23.8 Å². The van der Waals surface area contributed by atoms with Crippen LogP contribution >= 0.6 is 0 Å². The number of Topliss-reactive ketones (excluding diaryl/α,β-unsaturated/α-hetero) is 1. The predicted molar refractivity (Wildman–Crippen MR) is 48.6 cm³/mol. The molecule has 1 heterocycles. The van der Waals surface area contributed by atoms with Crippen LogP contribution in [0.4, 0.5) is 0 Å². The van der Waals surface area contributed by atoms with E-state index in [1.807, 2.05) is 6.92 Å². The van der Waals surface area contributed by atoms with Crippen molar-refractivity contribution in [1.29, 1.82) is 0 Å². The number of carbonyl (C=O) groups excluding carboxylic acids is 1. The first-order valence-corrected chi connectivity index (χ1v) is 4.33. The van der Waals surface area contributed by atoms with E-state index in [0.29, 0.717) is 12.3 Å². The van der Waals surface area contributed by atoms with Gasteiger partial charge in [0.25, 0.3) is 0 Å². The highest BCUT2D eigenvalue weighted by Crippen LogP contribution is 1.98. The van der Waals surface area contributed by atoms with Crippen LogP contribution in [0.5, 0.6) is 0 Å². The first kappa shape index (κ1) is 9.92. The molecule has 1 aromatic heterocycles. The fourth-order valence-corrected chi connectivity index (χ4v) is 1.01. The summed E-state index contributed by atoms with van der Waals surface area (Å²) >= 11 is 0. The van der Waals surface area contributed by atoms with Gasteiger partial charge in [-0.25, -0.2) is 4.98 Å². The maximum Gasteiger partial charge on any atom is 0.206 e. The highest BCUT2D eigenvalue weighted by Gasteiger charge is 2.08. The average Bonchev–Trinajstić information content (AvgIpc) is 2.52. The van der Waals surface area contributed by atoms with Crippen LogP contribution in [0, 0.1) is 0 Å². The van der Waals surface area contributed by atoms with Gasteiger partial charge in [-0.3, -0.25) is 4.79 Å². The fraction of sp³-hybridized carbons (Fsp3) is 0.556. The van der Waals surface area contributed by atoms with E-state index in [2.05, 4.69) is 4.98 Å². The maximum atomic E-state index is 11.4. The molecule has 1 aromatic rings. The summed E-state index contributed by atoms with van der Waals surface area (Å²) in [6.07, 6.45) is 4.09. The lowest BCUT2D eigenvalue weighted by Crippen LogP contribution is -2.12. The first-order chi connectivity index (χ1) is 6.25. The van der Waals surface area contributed by atoms with Crippen molar-refractivity contribution in [2.75, 3.05) is 13.2 Å². The molecule has 0 aliphatic rings. The van der Waals surface area contributed by atoms with Crippen LogP contribution in [0.2, 0.25) is 0 Å². The molecule has 0 saturated carbocycles. The average molecular weight is 182 g/mol. The number of carbonyl (C=O) groups is 1. The summed E-state index contributed by atoms with van der Waals surface area (Å²) in [6.45, 7) is 2.78. The summed E-state index contributed by atoms with van der Waals surface area (Å²) in [4.78, 5) is 15.3. The summed E-state index contributed by atoms with van der Waals surface area (Å²) in [5.41, 5.74) is 0.594. The Balaban J connectivity index is 2.45. The first-order valence-electron chi connectivity index (χ1n) is 4.33. The van der Waals surface area contributed by atoms with Crippen molar-refractivity contribution in [1.82, 2.24) is 9.55 Å². The van der Waals surface area contributed by atoms with E-state index in [1.54, 1.807) is 24.1 Å². The van der Waals surface area contributed by atoms with Gasteiger partial charge in [-0.1, -0.05) is 6.92 Å². The third kappa shape index (κ3) is 2.66. The number of hydrogen-bond acceptors (Lipinski definition) is 3. The SMILES string of the molecule is CCCOCC(=O)c1cncn1C. The zero-order valence-corrected chi connectivity index (χ0v) is 7.99. The Labute approximate surface area is 77.5 Å². The van der Waals surface area contributed by atoms with E-state index in [-0.39, 0.29) is 12.4 Å². The molecule has 0 aliphatic carbocycles. The third-order valence-corrected chi connectivity index (χ3v) is 1.68. The summed E-state index contributed by atoms with van der Waals surface area (Å²) in [7, 11) is 1.79. The van der Waals surface area contributed by atoms with E-state index in [1.165, 1.54) is 0 Å². The van der Waals surface area contributed by atoms with Crippen molar-refractivity contribution < 1.29 is 9.53 Å². The number of hydrogen-bond donors (Lipinski definition) is 0. The van der Waals surface area contributed by atoms with Gasteiger partial charge in [0.1, 0.15) is 12.3 Å². The van der Waals surface area contributed by atoms with Crippen molar-refractivity contribution in [2.24, 2.45) is 7.05 Å². The molecule has 0 aromatic carbocycles. The Morgan fingerprint density at radius 1 is 1.69 bits per heavy atom. The molecule has 0 atom stereocenters. The monoisotopic (exact) mass is 182 g/mol. The second-order valence-electron chi connectivity index (χ2n) is 2.87. The zero-order valence-electron chi connectivity index (χ0n) is 7.99. The van der Waals surface area contributed by atoms with Crippen LogP contribution in [0.25, 0.3) is 0 Å². The Bertz CT molecular complexity index is 281. The molecule has 0 unspecified atom stereocenters. The number of imidazole rings is 1. The second kappa shape index (κ2) is 4.77. The lowest BCUT2D eigenvalue weighted by molar-refractivity contribution is 0.0753. The minimum atomic E-state index is -0.0200. The summed E-state index contributed by atoms with van der Waals surface area (Å²) < 4.78 is 6.82. The molecule has 4 heteroatoms. The molecule has 1 rings (SSSR count). The Kier molecular flexibility index (Phi) is 3.64. The molecule has 0 amide bonds. The van der Waals surface area contributed by atoms with Gasteiger partial charge in [0, 0.05) is 13.7 Å². The standard InChI is InChI=1S/C9H14N2O2/c1-3-4-13-6-9(12)8-5-10-7-11(8)2/h5,7H,3-4,6H2,1-2H3. The molecule has 4 nitrogen and oxygen atoms in total. The van der Waals surface area contributed by atoms with Gasteiger partial charge in [-0.2, -0.15) is 0 Å². The minimum absolute atomic E-state index is 0.0200. The molecule has 0 fully saturated rings. The molecular formula is C9H14N2O2. The number of aromatic nitrogens is 2. The Morgan fingerprint density at radius 3 is 3.00 bits per heavy atom. The van der Waals surface area contributed by atoms with Gasteiger partial charge in [-0.05, 0) is 6.42 Å². The Morgan fingerprint density at radius 2 is 2.46 bits per heavy atom. The molecule has 0 N–H and O–H groups in total. The normalized spacial score (nSPS) is 10.3. The van der Waals surface area contributed by atoms with Crippen molar-refractivity contribution in [3.63, 3.8) is 0 Å². The molecule has 0 saturated heterocycles. The third-order valence-electron chi connectivity index (χ3n) is 1.68. The molecular weight excluding hydrogens is 168 g/mol. The summed E-state index contributed by atoms with van der Waals surface area (Å²) in [5.74, 6) is -0.0200. The van der Waals surface area contributed by atoms with Gasteiger partial charge in [0.15, 0.2) is 0 Å². The molecule has 72 valence electrons. The van der Waals surface area contributed by atoms with Crippen molar-refractivity contribution in [3.05, 3.63) is 18.2 Å². The van der Waals surface area contributed by atoms with E-state index >= 15 is 0 Å². The highest BCUT2D eigenvalue weighted by atomic mass is 16.5. The molecule has 0 bridgehead atoms. The van der Waals surface area contributed by atoms with E-state index in [4.69, 9.17) is 4.74 Å². The van der Waals surface area contributed by atoms with E-state index in [0.717, 1.165) is 6.42 Å². The largest absolute Gasteiger partial charge is 0.373 e. The topological polar surface area (TPSA) is 44.1 Å². The number of nitrogens with zero attached hydrogens (tertiary/aromatic N) is 2. The van der Waals surface area contributed by atoms with Gasteiger partial charge in [0.05, 0.1) is 12.5 Å². The molecule has 0 radical (unpaired) electrons. The number of aryl methyl sites for hydroxylation is 1. The van der Waals surface area contributed by atoms with Gasteiger partial charge < -0.3 is 9.30 Å². The summed E-state index contributed by atoms with van der Waals surface area (Å²) in [5, 5.41) is 0. The van der Waals surface area contributed by atoms with Crippen LogP contribution in [-0.2, 0) is 11.8 Å². The minimum Gasteiger partial charge on any atom is -0.373 e. The quantitative estimate of drug-likeness (QED) is 0.504. The van der Waals surface area contributed by atoms with Crippen LogP contribution < -0.4 is 0 Å². The van der Waals surface area contributed by atoms with Gasteiger partial charge in [-0.15, -0.1) is 0 Å². The van der Waals surface area contributed by atoms with Crippen LogP contribution in [0.3, 0.4) is 0 Å². The number of ether oxygens (including phenoxy) is 1. The predicted octanol–water partition coefficient (Wildman–Crippen LogP) is 1.03. The smallest absolute Gasteiger partial charge is 0.206 e. The highest BCUT2D eigenvalue weighted by molar-refractivity contribution is 5.95. The maximum absolute atomic E-state index is 11.4.